The summed E-state index contributed by atoms with van der Waals surface area (Å²) in [7, 11) is 0. The Hall–Kier alpha value is -1.19. The van der Waals surface area contributed by atoms with E-state index in [1.165, 1.54) is 16.9 Å². The predicted octanol–water partition coefficient (Wildman–Crippen LogP) is 0.687. The van der Waals surface area contributed by atoms with Crippen LogP contribution in [-0.4, -0.2) is 14.7 Å². The highest BCUT2D eigenvalue weighted by atomic mass is 16.5. The molecule has 1 aromatic rings. The fraction of sp³-hybridized carbons (Fsp3) is 0.571. The third-order valence-electron chi connectivity index (χ3n) is 1.58. The minimum Gasteiger partial charge on any atom is -0.413 e. The first kappa shape index (κ1) is 7.91. The van der Waals surface area contributed by atoms with E-state index in [9.17, 15) is 4.79 Å². The molecule has 0 atom stereocenters. The molecule has 0 saturated heterocycles. The normalized spacial score (nSPS) is 10.3. The minimum absolute atomic E-state index is 0.152. The van der Waals surface area contributed by atoms with Crippen molar-refractivity contribution in [1.82, 2.24) is 9.53 Å². The quantitative estimate of drug-likeness (QED) is 0.654. The van der Waals surface area contributed by atoms with Gasteiger partial charge in [0.15, 0.2) is 0 Å². The molecule has 0 saturated carbocycles. The van der Waals surface area contributed by atoms with E-state index in [4.69, 9.17) is 5.21 Å². The van der Waals surface area contributed by atoms with Gasteiger partial charge in [-0.25, -0.2) is 4.68 Å². The van der Waals surface area contributed by atoms with Gasteiger partial charge in [0.05, 0.1) is 6.20 Å². The molecule has 0 unspecified atom stereocenters. The third-order valence-corrected chi connectivity index (χ3v) is 1.58. The second-order valence-corrected chi connectivity index (χ2v) is 2.45. The van der Waals surface area contributed by atoms with Crippen LogP contribution in [0.15, 0.2) is 17.1 Å². The first-order valence-electron chi connectivity index (χ1n) is 3.73. The summed E-state index contributed by atoms with van der Waals surface area (Å²) in [6.07, 6.45) is 3.26. The van der Waals surface area contributed by atoms with Crippen molar-refractivity contribution in [2.75, 3.05) is 0 Å². The van der Waals surface area contributed by atoms with Gasteiger partial charge in [0.1, 0.15) is 0 Å². The van der Waals surface area contributed by atoms with Crippen molar-refractivity contribution in [3.63, 3.8) is 0 Å². The predicted molar refractivity (Wildman–Crippen MR) is 40.8 cm³/mol. The number of rotatable bonds is 3. The molecule has 1 N–H and O–H groups in total. The lowest BCUT2D eigenvalue weighted by Gasteiger charge is -2.02. The van der Waals surface area contributed by atoms with Gasteiger partial charge in [0, 0.05) is 12.6 Å². The van der Waals surface area contributed by atoms with Gasteiger partial charge in [-0.3, -0.25) is 4.79 Å². The number of hydrogen-bond acceptors (Lipinski definition) is 2. The van der Waals surface area contributed by atoms with E-state index in [0.717, 1.165) is 17.7 Å². The maximum absolute atomic E-state index is 10.9. The van der Waals surface area contributed by atoms with Gasteiger partial charge in [-0.2, -0.15) is 0 Å². The Morgan fingerprint density at radius 2 is 2.36 bits per heavy atom. The Kier molecular flexibility index (Phi) is 2.36. The van der Waals surface area contributed by atoms with Crippen molar-refractivity contribution >= 4 is 0 Å². The molecule has 0 radical (unpaired) electrons. The van der Waals surface area contributed by atoms with Gasteiger partial charge in [-0.15, -0.1) is 4.85 Å². The van der Waals surface area contributed by atoms with Crippen molar-refractivity contribution < 1.29 is 5.21 Å². The van der Waals surface area contributed by atoms with Gasteiger partial charge >= 0.3 is 0 Å². The fourth-order valence-electron chi connectivity index (χ4n) is 0.918. The number of hydrogen-bond donors (Lipinski definition) is 1. The van der Waals surface area contributed by atoms with Gasteiger partial charge < -0.3 is 5.21 Å². The van der Waals surface area contributed by atoms with Crippen molar-refractivity contribution in [2.45, 2.75) is 26.3 Å². The fourth-order valence-corrected chi connectivity index (χ4v) is 0.918. The molecular formula is C7H12N2O2. The molecule has 11 heavy (non-hydrogen) atoms. The van der Waals surface area contributed by atoms with E-state index < -0.39 is 0 Å². The largest absolute Gasteiger partial charge is 0.413 e. The van der Waals surface area contributed by atoms with Crippen LogP contribution < -0.4 is 5.56 Å². The van der Waals surface area contributed by atoms with E-state index >= 15 is 0 Å². The lowest BCUT2D eigenvalue weighted by molar-refractivity contribution is 0.105. The molecule has 0 spiro atoms. The average Bonchev–Trinajstić information content (AvgIpc) is 2.29. The first-order chi connectivity index (χ1) is 5.25. The van der Waals surface area contributed by atoms with Crippen LogP contribution in [0.25, 0.3) is 0 Å². The molecule has 0 aromatic carbocycles. The Morgan fingerprint density at radius 1 is 1.64 bits per heavy atom. The molecular weight excluding hydrogens is 144 g/mol. The summed E-state index contributed by atoms with van der Waals surface area (Å²) >= 11 is 0. The van der Waals surface area contributed by atoms with Crippen LogP contribution in [0, 0.1) is 0 Å². The van der Waals surface area contributed by atoms with Crippen molar-refractivity contribution in [2.24, 2.45) is 0 Å². The molecule has 62 valence electrons. The molecule has 1 heterocycles. The topological polar surface area (TPSA) is 47.2 Å². The Morgan fingerprint density at radius 3 is 2.82 bits per heavy atom. The smallest absolute Gasteiger partial charge is 0.269 e. The van der Waals surface area contributed by atoms with Crippen LogP contribution in [0.1, 0.15) is 19.8 Å². The Labute approximate surface area is 64.6 Å². The lowest BCUT2D eigenvalue weighted by Crippen LogP contribution is -2.21. The van der Waals surface area contributed by atoms with Crippen LogP contribution >= 0.6 is 0 Å². The second kappa shape index (κ2) is 3.27. The standard InChI is InChI=1S/C7H12N2O2/c1-2-3-5-8-7(10)4-6-9(8)11/h4,6,11H,2-3,5H2,1H3. The molecule has 0 bridgehead atoms. The second-order valence-electron chi connectivity index (χ2n) is 2.45. The maximum Gasteiger partial charge on any atom is 0.269 e. The van der Waals surface area contributed by atoms with Crippen LogP contribution in [0.3, 0.4) is 0 Å². The zero-order valence-corrected chi connectivity index (χ0v) is 6.53. The highest BCUT2D eigenvalue weighted by Gasteiger charge is 1.98. The summed E-state index contributed by atoms with van der Waals surface area (Å²) in [4.78, 5) is 11.8. The van der Waals surface area contributed by atoms with Crippen LogP contribution in [0.4, 0.5) is 0 Å². The first-order valence-corrected chi connectivity index (χ1v) is 3.73. The van der Waals surface area contributed by atoms with E-state index in [1.807, 2.05) is 6.92 Å². The van der Waals surface area contributed by atoms with Crippen molar-refractivity contribution in [1.29, 1.82) is 0 Å². The van der Waals surface area contributed by atoms with Crippen LogP contribution in [-0.2, 0) is 6.54 Å². The van der Waals surface area contributed by atoms with Gasteiger partial charge in [0.25, 0.3) is 5.56 Å². The van der Waals surface area contributed by atoms with E-state index in [1.54, 1.807) is 0 Å². The molecule has 0 fully saturated rings. The number of aromatic nitrogens is 2. The molecule has 0 aliphatic rings. The van der Waals surface area contributed by atoms with Crippen LogP contribution in [0.5, 0.6) is 0 Å². The summed E-state index contributed by atoms with van der Waals surface area (Å²) in [6, 6.07) is 1.34. The summed E-state index contributed by atoms with van der Waals surface area (Å²) < 4.78 is 1.30. The minimum atomic E-state index is -0.152. The molecule has 4 heteroatoms. The van der Waals surface area contributed by atoms with E-state index in [-0.39, 0.29) is 5.56 Å². The van der Waals surface area contributed by atoms with E-state index in [2.05, 4.69) is 0 Å². The van der Waals surface area contributed by atoms with E-state index in [0.29, 0.717) is 6.54 Å². The molecule has 0 aliphatic heterocycles. The van der Waals surface area contributed by atoms with Crippen LogP contribution in [0.2, 0.25) is 0 Å². The third kappa shape index (κ3) is 1.63. The summed E-state index contributed by atoms with van der Waals surface area (Å²) in [6.45, 7) is 2.62. The lowest BCUT2D eigenvalue weighted by atomic mass is 10.3. The van der Waals surface area contributed by atoms with Gasteiger partial charge in [-0.05, 0) is 6.42 Å². The van der Waals surface area contributed by atoms with Gasteiger partial charge in [0.2, 0.25) is 0 Å². The molecule has 1 rings (SSSR count). The molecule has 1 aromatic heterocycles. The summed E-state index contributed by atoms with van der Waals surface area (Å²) in [5, 5.41) is 9.04. The summed E-state index contributed by atoms with van der Waals surface area (Å²) in [5.41, 5.74) is -0.152. The van der Waals surface area contributed by atoms with Crippen molar-refractivity contribution in [3.05, 3.63) is 22.6 Å². The molecule has 4 nitrogen and oxygen atoms in total. The highest BCUT2D eigenvalue weighted by Crippen LogP contribution is 1.90. The number of nitrogens with zero attached hydrogens (tertiary/aromatic N) is 2. The number of unbranched alkanes of at least 4 members (excludes halogenated alkanes) is 1. The summed E-state index contributed by atoms with van der Waals surface area (Å²) in [5.74, 6) is 0. The molecule has 0 aliphatic carbocycles. The Bertz CT molecular complexity index is 274. The molecule has 0 amide bonds. The average molecular weight is 156 g/mol. The highest BCUT2D eigenvalue weighted by molar-refractivity contribution is 4.81. The zero-order valence-electron chi connectivity index (χ0n) is 6.53. The van der Waals surface area contributed by atoms with Crippen molar-refractivity contribution in [3.8, 4) is 0 Å². The Balaban J connectivity index is 2.75. The SMILES string of the molecule is CCCCn1c(=O)ccn1O. The zero-order chi connectivity index (χ0) is 8.27. The van der Waals surface area contributed by atoms with Gasteiger partial charge in [-0.1, -0.05) is 13.3 Å². The maximum atomic E-state index is 10.9. The monoisotopic (exact) mass is 156 g/mol.